The first-order valence-corrected chi connectivity index (χ1v) is 13.6. The summed E-state index contributed by atoms with van der Waals surface area (Å²) in [4.78, 5) is 27.7. The number of aryl methyl sites for hydroxylation is 1. The molecule has 0 unspecified atom stereocenters. The fraction of sp³-hybridized carbons (Fsp3) is 0.417. The number of sulfonamides is 1. The molecular formula is C24H31Cl2N3O4S. The van der Waals surface area contributed by atoms with Crippen molar-refractivity contribution in [1.82, 2.24) is 10.2 Å². The zero-order valence-electron chi connectivity index (χ0n) is 19.8. The van der Waals surface area contributed by atoms with Crippen molar-refractivity contribution in [3.05, 3.63) is 63.6 Å². The van der Waals surface area contributed by atoms with Crippen LogP contribution in [-0.4, -0.2) is 50.5 Å². The molecule has 0 heterocycles. The molecule has 0 aliphatic heterocycles. The number of rotatable bonds is 11. The molecule has 2 aromatic carbocycles. The van der Waals surface area contributed by atoms with Gasteiger partial charge in [-0.25, -0.2) is 8.42 Å². The van der Waals surface area contributed by atoms with Crippen LogP contribution in [0.15, 0.2) is 42.5 Å². The van der Waals surface area contributed by atoms with Gasteiger partial charge in [-0.1, -0.05) is 60.8 Å². The lowest BCUT2D eigenvalue weighted by molar-refractivity contribution is -0.139. The molecule has 0 bridgehead atoms. The van der Waals surface area contributed by atoms with E-state index in [2.05, 4.69) is 5.32 Å². The van der Waals surface area contributed by atoms with Crippen molar-refractivity contribution in [1.29, 1.82) is 0 Å². The molecule has 0 aliphatic carbocycles. The lowest BCUT2D eigenvalue weighted by atomic mass is 10.1. The zero-order chi connectivity index (χ0) is 25.5. The Labute approximate surface area is 212 Å². The van der Waals surface area contributed by atoms with Crippen LogP contribution >= 0.6 is 23.2 Å². The van der Waals surface area contributed by atoms with Gasteiger partial charge < -0.3 is 10.2 Å². The maximum absolute atomic E-state index is 13.5. The average molecular weight is 529 g/mol. The summed E-state index contributed by atoms with van der Waals surface area (Å²) in [5.41, 5.74) is 1.91. The average Bonchev–Trinajstić information content (AvgIpc) is 2.77. The molecule has 34 heavy (non-hydrogen) atoms. The van der Waals surface area contributed by atoms with E-state index >= 15 is 0 Å². The Morgan fingerprint density at radius 1 is 1.12 bits per heavy atom. The summed E-state index contributed by atoms with van der Waals surface area (Å²) >= 11 is 12.3. The van der Waals surface area contributed by atoms with Crippen LogP contribution in [0.25, 0.3) is 0 Å². The van der Waals surface area contributed by atoms with E-state index in [0.717, 1.165) is 34.5 Å². The topological polar surface area (TPSA) is 86.8 Å². The van der Waals surface area contributed by atoms with E-state index in [1.165, 1.54) is 23.1 Å². The van der Waals surface area contributed by atoms with Crippen molar-refractivity contribution in [2.24, 2.45) is 0 Å². The van der Waals surface area contributed by atoms with Gasteiger partial charge in [0.25, 0.3) is 0 Å². The highest BCUT2D eigenvalue weighted by molar-refractivity contribution is 7.92. The number of carbonyl (C=O) groups is 2. The van der Waals surface area contributed by atoms with E-state index in [0.29, 0.717) is 6.54 Å². The standard InChI is InChI=1S/C24H31Cl2N3O4S/c1-5-6-13-27-24(31)18(3)28(15-19-10-8-7-9-17(19)2)23(30)16-29(34(4,32)33)22-14-20(25)11-12-21(22)26/h7-12,14,18H,5-6,13,15-16H2,1-4H3,(H,27,31)/t18-/m0/s1. The van der Waals surface area contributed by atoms with E-state index in [9.17, 15) is 18.0 Å². The Kier molecular flexibility index (Phi) is 10.2. The molecule has 2 rings (SSSR count). The Balaban J connectivity index is 2.41. The number of nitrogens with one attached hydrogen (secondary N) is 1. The molecule has 0 spiro atoms. The fourth-order valence-electron chi connectivity index (χ4n) is 3.36. The maximum atomic E-state index is 13.5. The van der Waals surface area contributed by atoms with Gasteiger partial charge >= 0.3 is 0 Å². The van der Waals surface area contributed by atoms with Crippen molar-refractivity contribution < 1.29 is 18.0 Å². The molecule has 0 saturated carbocycles. The first-order chi connectivity index (χ1) is 16.0. The monoisotopic (exact) mass is 527 g/mol. The third-order valence-corrected chi connectivity index (χ3v) is 7.14. The van der Waals surface area contributed by atoms with Crippen molar-refractivity contribution in [3.8, 4) is 0 Å². The lowest BCUT2D eigenvalue weighted by Gasteiger charge is -2.32. The first-order valence-electron chi connectivity index (χ1n) is 11.0. The maximum Gasteiger partial charge on any atom is 0.244 e. The van der Waals surface area contributed by atoms with E-state index in [4.69, 9.17) is 23.2 Å². The molecule has 0 fully saturated rings. The highest BCUT2D eigenvalue weighted by Crippen LogP contribution is 2.31. The lowest BCUT2D eigenvalue weighted by Crippen LogP contribution is -2.51. The van der Waals surface area contributed by atoms with Crippen molar-refractivity contribution >= 4 is 50.7 Å². The second-order valence-electron chi connectivity index (χ2n) is 8.13. The molecule has 0 radical (unpaired) electrons. The number of amides is 2. The zero-order valence-corrected chi connectivity index (χ0v) is 22.2. The molecule has 1 atom stereocenters. The first kappa shape index (κ1) is 28.0. The predicted molar refractivity (Wildman–Crippen MR) is 138 cm³/mol. The molecule has 7 nitrogen and oxygen atoms in total. The minimum absolute atomic E-state index is 0.0981. The SMILES string of the molecule is CCCCNC(=O)[C@H](C)N(Cc1ccccc1C)C(=O)CN(c1cc(Cl)ccc1Cl)S(C)(=O)=O. The molecular weight excluding hydrogens is 497 g/mol. The summed E-state index contributed by atoms with van der Waals surface area (Å²) in [7, 11) is -3.89. The van der Waals surface area contributed by atoms with Crippen LogP contribution in [0.1, 0.15) is 37.8 Å². The molecule has 186 valence electrons. The van der Waals surface area contributed by atoms with Gasteiger partial charge in [0.05, 0.1) is 17.0 Å². The van der Waals surface area contributed by atoms with Gasteiger partial charge in [-0.15, -0.1) is 0 Å². The third-order valence-electron chi connectivity index (χ3n) is 5.45. The van der Waals surface area contributed by atoms with Crippen molar-refractivity contribution in [2.45, 2.75) is 46.2 Å². The van der Waals surface area contributed by atoms with Crippen LogP contribution in [0, 0.1) is 6.92 Å². The molecule has 2 aromatic rings. The van der Waals surface area contributed by atoms with Gasteiger partial charge in [0.1, 0.15) is 12.6 Å². The fourth-order valence-corrected chi connectivity index (χ4v) is 4.65. The number of carbonyl (C=O) groups excluding carboxylic acids is 2. The summed E-state index contributed by atoms with van der Waals surface area (Å²) in [5, 5.41) is 3.26. The summed E-state index contributed by atoms with van der Waals surface area (Å²) in [6.45, 7) is 5.68. The van der Waals surface area contributed by atoms with Gasteiger partial charge in [-0.3, -0.25) is 13.9 Å². The quantitative estimate of drug-likeness (QED) is 0.438. The number of anilines is 1. The minimum Gasteiger partial charge on any atom is -0.354 e. The van der Waals surface area contributed by atoms with Crippen LogP contribution in [-0.2, 0) is 26.2 Å². The van der Waals surface area contributed by atoms with Crippen LogP contribution < -0.4 is 9.62 Å². The van der Waals surface area contributed by atoms with E-state index < -0.39 is 28.5 Å². The van der Waals surface area contributed by atoms with Crippen LogP contribution in [0.3, 0.4) is 0 Å². The summed E-state index contributed by atoms with van der Waals surface area (Å²) in [6, 6.07) is 11.1. The van der Waals surface area contributed by atoms with Crippen LogP contribution in [0.5, 0.6) is 0 Å². The number of nitrogens with zero attached hydrogens (tertiary/aromatic N) is 2. The van der Waals surface area contributed by atoms with Crippen LogP contribution in [0.2, 0.25) is 10.0 Å². The van der Waals surface area contributed by atoms with Gasteiger partial charge in [0.2, 0.25) is 21.8 Å². The molecule has 0 aliphatic rings. The normalized spacial score (nSPS) is 12.2. The van der Waals surface area contributed by atoms with Crippen molar-refractivity contribution in [2.75, 3.05) is 23.7 Å². The third kappa shape index (κ3) is 7.61. The van der Waals surface area contributed by atoms with Crippen molar-refractivity contribution in [3.63, 3.8) is 0 Å². The Morgan fingerprint density at radius 3 is 2.41 bits per heavy atom. The Bertz CT molecular complexity index is 1120. The number of halogens is 2. The molecule has 2 amide bonds. The van der Waals surface area contributed by atoms with E-state index in [1.54, 1.807) is 6.92 Å². The second-order valence-corrected chi connectivity index (χ2v) is 10.9. The summed E-state index contributed by atoms with van der Waals surface area (Å²) in [5.74, 6) is -0.843. The Hall–Kier alpha value is -2.29. The summed E-state index contributed by atoms with van der Waals surface area (Å²) < 4.78 is 26.1. The highest BCUT2D eigenvalue weighted by Gasteiger charge is 2.31. The van der Waals surface area contributed by atoms with Gasteiger partial charge in [0, 0.05) is 18.1 Å². The van der Waals surface area contributed by atoms with Gasteiger partial charge in [0.15, 0.2) is 0 Å². The van der Waals surface area contributed by atoms with E-state index in [-0.39, 0.29) is 28.2 Å². The minimum atomic E-state index is -3.89. The predicted octanol–water partition coefficient (Wildman–Crippen LogP) is 4.40. The highest BCUT2D eigenvalue weighted by atomic mass is 35.5. The number of hydrogen-bond acceptors (Lipinski definition) is 4. The second kappa shape index (κ2) is 12.4. The number of hydrogen-bond donors (Lipinski definition) is 1. The largest absolute Gasteiger partial charge is 0.354 e. The summed E-state index contributed by atoms with van der Waals surface area (Å²) in [6.07, 6.45) is 2.73. The van der Waals surface area contributed by atoms with Gasteiger partial charge in [-0.2, -0.15) is 0 Å². The Morgan fingerprint density at radius 2 is 1.79 bits per heavy atom. The van der Waals surface area contributed by atoms with Gasteiger partial charge in [-0.05, 0) is 49.6 Å². The number of benzene rings is 2. The van der Waals surface area contributed by atoms with Crippen LogP contribution in [0.4, 0.5) is 5.69 Å². The molecule has 1 N–H and O–H groups in total. The smallest absolute Gasteiger partial charge is 0.244 e. The number of unbranched alkanes of at least 4 members (excludes halogenated alkanes) is 1. The molecule has 10 heteroatoms. The van der Waals surface area contributed by atoms with E-state index in [1.807, 2.05) is 38.1 Å². The molecule has 0 saturated heterocycles. The molecule has 0 aromatic heterocycles.